The molecule has 1 N–H and O–H groups in total. The molecule has 1 amide bonds. The number of aromatic nitrogens is 1. The van der Waals surface area contributed by atoms with Crippen molar-refractivity contribution in [2.45, 2.75) is 6.42 Å². The number of benzene rings is 1. The molecular weight excluding hydrogens is 214 g/mol. The van der Waals surface area contributed by atoms with E-state index in [9.17, 15) is 4.79 Å². The van der Waals surface area contributed by atoms with Crippen molar-refractivity contribution < 1.29 is 4.79 Å². The summed E-state index contributed by atoms with van der Waals surface area (Å²) < 4.78 is 0. The Morgan fingerprint density at radius 3 is 3.00 bits per heavy atom. The quantitative estimate of drug-likeness (QED) is 0.811. The molecule has 1 aromatic heterocycles. The number of carbonyl (C=O) groups excluding carboxylic acids is 1. The Morgan fingerprint density at radius 1 is 1.47 bits per heavy atom. The molecule has 4 nitrogen and oxygen atoms in total. The number of para-hydroxylation sites is 1. The zero-order valence-electron chi connectivity index (χ0n) is 9.60. The summed E-state index contributed by atoms with van der Waals surface area (Å²) in [6.07, 6.45) is 2.70. The number of likely N-dealkylation sites (N-methyl/N-ethyl adjacent to an activating group) is 1. The van der Waals surface area contributed by atoms with Crippen LogP contribution in [0.2, 0.25) is 0 Å². The summed E-state index contributed by atoms with van der Waals surface area (Å²) in [4.78, 5) is 15.7. The molecule has 2 aromatic rings. The van der Waals surface area contributed by atoms with Gasteiger partial charge < -0.3 is 9.88 Å². The van der Waals surface area contributed by atoms with Gasteiger partial charge in [-0.1, -0.05) is 18.2 Å². The first-order valence-electron chi connectivity index (χ1n) is 5.42. The zero-order chi connectivity index (χ0) is 12.3. The minimum absolute atomic E-state index is 0.496. The Morgan fingerprint density at radius 2 is 2.24 bits per heavy atom. The third kappa shape index (κ3) is 2.28. The molecule has 86 valence electrons. The molecule has 0 radical (unpaired) electrons. The number of fused-ring (bicyclic) bond motifs is 1. The van der Waals surface area contributed by atoms with E-state index in [0.29, 0.717) is 6.54 Å². The highest BCUT2D eigenvalue weighted by Gasteiger charge is 2.08. The van der Waals surface area contributed by atoms with Gasteiger partial charge in [0, 0.05) is 30.7 Å². The van der Waals surface area contributed by atoms with E-state index in [-0.39, 0.29) is 0 Å². The molecule has 1 heterocycles. The molecule has 0 atom stereocenters. The van der Waals surface area contributed by atoms with Gasteiger partial charge in [0.05, 0.1) is 0 Å². The molecule has 0 aliphatic carbocycles. The molecule has 2 rings (SSSR count). The van der Waals surface area contributed by atoms with Crippen LogP contribution in [0.1, 0.15) is 5.56 Å². The topological polar surface area (TPSA) is 59.9 Å². The Labute approximate surface area is 99.5 Å². The molecule has 0 aliphatic rings. The van der Waals surface area contributed by atoms with E-state index in [1.807, 2.05) is 30.5 Å². The SMILES string of the molecule is CN(CCc1c[nH]c2ccccc12)C(=O)C#N. The Hall–Kier alpha value is -2.28. The molecule has 0 saturated carbocycles. The lowest BCUT2D eigenvalue weighted by Gasteiger charge is -2.11. The number of amides is 1. The van der Waals surface area contributed by atoms with E-state index in [1.54, 1.807) is 13.1 Å². The van der Waals surface area contributed by atoms with Crippen LogP contribution in [0.3, 0.4) is 0 Å². The van der Waals surface area contributed by atoms with Crippen LogP contribution in [0.25, 0.3) is 10.9 Å². The minimum Gasteiger partial charge on any atom is -0.361 e. The van der Waals surface area contributed by atoms with Gasteiger partial charge in [0.15, 0.2) is 6.07 Å². The second-order valence-corrected chi connectivity index (χ2v) is 3.95. The van der Waals surface area contributed by atoms with Crippen LogP contribution in [0, 0.1) is 11.3 Å². The van der Waals surface area contributed by atoms with Crippen molar-refractivity contribution in [3.05, 3.63) is 36.0 Å². The molecular formula is C13H13N3O. The second kappa shape index (κ2) is 4.71. The highest BCUT2D eigenvalue weighted by atomic mass is 16.2. The van der Waals surface area contributed by atoms with Crippen LogP contribution in [-0.2, 0) is 11.2 Å². The van der Waals surface area contributed by atoms with Crippen molar-refractivity contribution in [1.82, 2.24) is 9.88 Å². The van der Waals surface area contributed by atoms with Gasteiger partial charge in [0.2, 0.25) is 0 Å². The first kappa shape index (κ1) is 11.2. The summed E-state index contributed by atoms with van der Waals surface area (Å²) in [6, 6.07) is 9.65. The maximum Gasteiger partial charge on any atom is 0.324 e. The summed E-state index contributed by atoms with van der Waals surface area (Å²) in [5, 5.41) is 9.66. The first-order chi connectivity index (χ1) is 8.22. The molecule has 17 heavy (non-hydrogen) atoms. The zero-order valence-corrected chi connectivity index (χ0v) is 9.60. The maximum atomic E-state index is 11.1. The number of nitriles is 1. The number of hydrogen-bond acceptors (Lipinski definition) is 2. The summed E-state index contributed by atoms with van der Waals surface area (Å²) in [5.74, 6) is -0.496. The molecule has 0 unspecified atom stereocenters. The number of aromatic amines is 1. The van der Waals surface area contributed by atoms with E-state index in [2.05, 4.69) is 4.98 Å². The lowest BCUT2D eigenvalue weighted by Crippen LogP contribution is -2.27. The van der Waals surface area contributed by atoms with Crippen molar-refractivity contribution in [1.29, 1.82) is 5.26 Å². The maximum absolute atomic E-state index is 11.1. The van der Waals surface area contributed by atoms with Gasteiger partial charge in [-0.15, -0.1) is 0 Å². The number of H-pyrrole nitrogens is 1. The second-order valence-electron chi connectivity index (χ2n) is 3.95. The lowest BCUT2D eigenvalue weighted by atomic mass is 10.1. The molecule has 1 aromatic carbocycles. The Kier molecular flexibility index (Phi) is 3.10. The molecule has 0 spiro atoms. The predicted molar refractivity (Wildman–Crippen MR) is 65.3 cm³/mol. The number of nitrogens with one attached hydrogen (secondary N) is 1. The third-order valence-electron chi connectivity index (χ3n) is 2.83. The largest absolute Gasteiger partial charge is 0.361 e. The van der Waals surface area contributed by atoms with Crippen LogP contribution >= 0.6 is 0 Å². The van der Waals surface area contributed by atoms with Crippen molar-refractivity contribution in [3.63, 3.8) is 0 Å². The van der Waals surface area contributed by atoms with Crippen LogP contribution in [0.4, 0.5) is 0 Å². The van der Waals surface area contributed by atoms with E-state index < -0.39 is 5.91 Å². The van der Waals surface area contributed by atoms with Gasteiger partial charge in [-0.05, 0) is 18.1 Å². The minimum atomic E-state index is -0.496. The van der Waals surface area contributed by atoms with Gasteiger partial charge in [-0.25, -0.2) is 0 Å². The molecule has 0 fully saturated rings. The fourth-order valence-electron chi connectivity index (χ4n) is 1.81. The van der Waals surface area contributed by atoms with Gasteiger partial charge in [0.25, 0.3) is 0 Å². The summed E-state index contributed by atoms with van der Waals surface area (Å²) >= 11 is 0. The average molecular weight is 227 g/mol. The standard InChI is InChI=1S/C13H13N3O/c1-16(13(17)8-14)7-6-10-9-15-12-5-3-2-4-11(10)12/h2-5,9,15H,6-7H2,1H3. The normalized spacial score (nSPS) is 10.1. The third-order valence-corrected chi connectivity index (χ3v) is 2.83. The fraction of sp³-hybridized carbons (Fsp3) is 0.231. The highest BCUT2D eigenvalue weighted by Crippen LogP contribution is 2.18. The monoisotopic (exact) mass is 227 g/mol. The van der Waals surface area contributed by atoms with Crippen molar-refractivity contribution in [3.8, 4) is 6.07 Å². The van der Waals surface area contributed by atoms with E-state index in [0.717, 1.165) is 17.5 Å². The summed E-state index contributed by atoms with van der Waals surface area (Å²) in [7, 11) is 1.64. The van der Waals surface area contributed by atoms with Crippen molar-refractivity contribution in [2.75, 3.05) is 13.6 Å². The van der Waals surface area contributed by atoms with Crippen molar-refractivity contribution in [2.24, 2.45) is 0 Å². The van der Waals surface area contributed by atoms with E-state index >= 15 is 0 Å². The number of hydrogen-bond donors (Lipinski definition) is 1. The molecule has 0 saturated heterocycles. The molecule has 0 bridgehead atoms. The van der Waals surface area contributed by atoms with Crippen LogP contribution in [0.5, 0.6) is 0 Å². The number of carbonyl (C=O) groups is 1. The number of nitrogens with zero attached hydrogens (tertiary/aromatic N) is 2. The predicted octanol–water partition coefficient (Wildman–Crippen LogP) is 1.69. The molecule has 4 heteroatoms. The fourth-order valence-corrected chi connectivity index (χ4v) is 1.81. The van der Waals surface area contributed by atoms with Gasteiger partial charge >= 0.3 is 5.91 Å². The van der Waals surface area contributed by atoms with Crippen LogP contribution in [-0.4, -0.2) is 29.4 Å². The van der Waals surface area contributed by atoms with Gasteiger partial charge in [-0.2, -0.15) is 5.26 Å². The summed E-state index contributed by atoms with van der Waals surface area (Å²) in [6.45, 7) is 0.550. The average Bonchev–Trinajstić information content (AvgIpc) is 2.78. The van der Waals surface area contributed by atoms with Crippen LogP contribution in [0.15, 0.2) is 30.5 Å². The van der Waals surface area contributed by atoms with Crippen LogP contribution < -0.4 is 0 Å². The lowest BCUT2D eigenvalue weighted by molar-refractivity contribution is -0.124. The molecule has 0 aliphatic heterocycles. The first-order valence-corrected chi connectivity index (χ1v) is 5.42. The Bertz CT molecular complexity index is 580. The van der Waals surface area contributed by atoms with E-state index in [1.165, 1.54) is 10.3 Å². The number of rotatable bonds is 3. The smallest absolute Gasteiger partial charge is 0.324 e. The highest BCUT2D eigenvalue weighted by molar-refractivity contribution is 5.91. The van der Waals surface area contributed by atoms with E-state index in [4.69, 9.17) is 5.26 Å². The van der Waals surface area contributed by atoms with Crippen molar-refractivity contribution >= 4 is 16.8 Å². The van der Waals surface area contributed by atoms with Gasteiger partial charge in [-0.3, -0.25) is 4.79 Å². The Balaban J connectivity index is 2.10. The summed E-state index contributed by atoms with van der Waals surface area (Å²) in [5.41, 5.74) is 2.26. The van der Waals surface area contributed by atoms with Gasteiger partial charge in [0.1, 0.15) is 0 Å².